The minimum absolute atomic E-state index is 0.329. The molecule has 3 aromatic heterocycles. The molecule has 0 aliphatic heterocycles. The summed E-state index contributed by atoms with van der Waals surface area (Å²) in [5.74, 6) is 1.49. The second-order valence-electron chi connectivity index (χ2n) is 6.54. The number of anilines is 2. The topological polar surface area (TPSA) is 75.7 Å². The fourth-order valence-electron chi connectivity index (χ4n) is 3.30. The number of ether oxygens (including phenoxy) is 1. The highest BCUT2D eigenvalue weighted by Crippen LogP contribution is 2.31. The number of fused-ring (bicyclic) bond motifs is 2. The van der Waals surface area contributed by atoms with Gasteiger partial charge in [0.25, 0.3) is 0 Å². The number of hydrogen-bond acceptors (Lipinski definition) is 5. The molecule has 0 bridgehead atoms. The number of aromatic nitrogens is 4. The van der Waals surface area contributed by atoms with Crippen LogP contribution in [0.4, 0.5) is 15.9 Å². The monoisotopic (exact) mass is 385 g/mol. The standard InChI is InChI=1S/C22H16FN5O/c1-29-16-2-3-17-19(12-16)27-21(13-4-7-24-8-5-13)28-22(17)26-15-10-14-6-9-25-20(14)18(23)11-15/h2-12,25H,1H3,(H,26,27,28). The second-order valence-corrected chi connectivity index (χ2v) is 6.54. The molecule has 0 amide bonds. The highest BCUT2D eigenvalue weighted by atomic mass is 19.1. The van der Waals surface area contributed by atoms with Gasteiger partial charge in [-0.1, -0.05) is 0 Å². The zero-order chi connectivity index (χ0) is 19.8. The Labute approximate surface area is 165 Å². The summed E-state index contributed by atoms with van der Waals surface area (Å²) in [6, 6.07) is 14.4. The third-order valence-corrected chi connectivity index (χ3v) is 4.72. The van der Waals surface area contributed by atoms with E-state index in [9.17, 15) is 4.39 Å². The van der Waals surface area contributed by atoms with Crippen LogP contribution >= 0.6 is 0 Å². The maximum absolute atomic E-state index is 14.4. The van der Waals surface area contributed by atoms with Crippen LogP contribution in [0.3, 0.4) is 0 Å². The van der Waals surface area contributed by atoms with Crippen molar-refractivity contribution in [2.75, 3.05) is 12.4 Å². The Bertz CT molecular complexity index is 1330. The Kier molecular flexibility index (Phi) is 4.05. The van der Waals surface area contributed by atoms with Crippen molar-refractivity contribution in [3.8, 4) is 17.1 Å². The summed E-state index contributed by atoms with van der Waals surface area (Å²) >= 11 is 0. The van der Waals surface area contributed by atoms with Gasteiger partial charge in [-0.25, -0.2) is 14.4 Å². The van der Waals surface area contributed by atoms with Gasteiger partial charge in [0.1, 0.15) is 17.4 Å². The number of aromatic amines is 1. The molecule has 0 saturated carbocycles. The number of hydrogen-bond donors (Lipinski definition) is 2. The van der Waals surface area contributed by atoms with Crippen molar-refractivity contribution in [2.24, 2.45) is 0 Å². The molecule has 0 saturated heterocycles. The predicted molar refractivity (Wildman–Crippen MR) is 111 cm³/mol. The van der Waals surface area contributed by atoms with Crippen molar-refractivity contribution in [3.63, 3.8) is 0 Å². The molecule has 5 aromatic rings. The molecule has 7 heteroatoms. The maximum Gasteiger partial charge on any atom is 0.162 e. The van der Waals surface area contributed by atoms with E-state index in [2.05, 4.69) is 20.3 Å². The maximum atomic E-state index is 14.4. The van der Waals surface area contributed by atoms with Crippen LogP contribution in [0.1, 0.15) is 0 Å². The fraction of sp³-hybridized carbons (Fsp3) is 0.0455. The van der Waals surface area contributed by atoms with Crippen molar-refractivity contribution < 1.29 is 9.13 Å². The van der Waals surface area contributed by atoms with Crippen LogP contribution in [0.2, 0.25) is 0 Å². The fourth-order valence-corrected chi connectivity index (χ4v) is 3.30. The molecule has 0 unspecified atom stereocenters. The Morgan fingerprint density at radius 2 is 1.86 bits per heavy atom. The Morgan fingerprint density at radius 3 is 2.69 bits per heavy atom. The zero-order valence-corrected chi connectivity index (χ0v) is 15.5. The molecule has 0 aliphatic rings. The minimum atomic E-state index is -0.329. The van der Waals surface area contributed by atoms with Crippen LogP contribution < -0.4 is 10.1 Å². The summed E-state index contributed by atoms with van der Waals surface area (Å²) in [6.07, 6.45) is 5.10. The van der Waals surface area contributed by atoms with Gasteiger partial charge >= 0.3 is 0 Å². The van der Waals surface area contributed by atoms with Crippen LogP contribution in [0, 0.1) is 5.82 Å². The lowest BCUT2D eigenvalue weighted by atomic mass is 10.1. The van der Waals surface area contributed by atoms with Crippen LogP contribution in [0.5, 0.6) is 5.75 Å². The Hall–Kier alpha value is -4.00. The van der Waals surface area contributed by atoms with Crippen LogP contribution in [0.25, 0.3) is 33.2 Å². The molecule has 0 atom stereocenters. The van der Waals surface area contributed by atoms with Gasteiger partial charge in [-0.3, -0.25) is 4.98 Å². The van der Waals surface area contributed by atoms with Gasteiger partial charge in [0, 0.05) is 46.7 Å². The number of methoxy groups -OCH3 is 1. The van der Waals surface area contributed by atoms with Crippen molar-refractivity contribution in [1.82, 2.24) is 19.9 Å². The van der Waals surface area contributed by atoms with Gasteiger partial charge in [0.2, 0.25) is 0 Å². The molecule has 0 fully saturated rings. The van der Waals surface area contributed by atoms with Gasteiger partial charge < -0.3 is 15.0 Å². The molecular formula is C22H16FN5O. The van der Waals surface area contributed by atoms with E-state index in [1.165, 1.54) is 6.07 Å². The smallest absolute Gasteiger partial charge is 0.162 e. The highest BCUT2D eigenvalue weighted by Gasteiger charge is 2.12. The first kappa shape index (κ1) is 17.1. The third-order valence-electron chi connectivity index (χ3n) is 4.72. The van der Waals surface area contributed by atoms with E-state index in [4.69, 9.17) is 9.72 Å². The normalized spacial score (nSPS) is 11.1. The lowest BCUT2D eigenvalue weighted by Gasteiger charge is -2.12. The quantitative estimate of drug-likeness (QED) is 0.452. The van der Waals surface area contributed by atoms with Crippen molar-refractivity contribution in [1.29, 1.82) is 0 Å². The van der Waals surface area contributed by atoms with Gasteiger partial charge in [0.15, 0.2) is 5.82 Å². The molecule has 29 heavy (non-hydrogen) atoms. The van der Waals surface area contributed by atoms with Gasteiger partial charge in [0.05, 0.1) is 18.1 Å². The van der Waals surface area contributed by atoms with Gasteiger partial charge in [-0.2, -0.15) is 0 Å². The van der Waals surface area contributed by atoms with Crippen molar-refractivity contribution >= 4 is 33.3 Å². The molecular weight excluding hydrogens is 369 g/mol. The summed E-state index contributed by atoms with van der Waals surface area (Å²) < 4.78 is 19.7. The number of H-pyrrole nitrogens is 1. The van der Waals surface area contributed by atoms with E-state index < -0.39 is 0 Å². The molecule has 3 heterocycles. The summed E-state index contributed by atoms with van der Waals surface area (Å²) in [5.41, 5.74) is 2.63. The first-order chi connectivity index (χ1) is 14.2. The zero-order valence-electron chi connectivity index (χ0n) is 15.5. The largest absolute Gasteiger partial charge is 0.497 e. The van der Waals surface area contributed by atoms with Crippen LogP contribution in [-0.2, 0) is 0 Å². The average Bonchev–Trinajstić information content (AvgIpc) is 3.23. The van der Waals surface area contributed by atoms with Crippen LogP contribution in [-0.4, -0.2) is 27.0 Å². The van der Waals surface area contributed by atoms with Crippen molar-refractivity contribution in [3.05, 3.63) is 72.9 Å². The summed E-state index contributed by atoms with van der Waals surface area (Å²) in [4.78, 5) is 16.3. The summed E-state index contributed by atoms with van der Waals surface area (Å²) in [7, 11) is 1.61. The van der Waals surface area contributed by atoms with E-state index in [0.717, 1.165) is 21.9 Å². The summed E-state index contributed by atoms with van der Waals surface area (Å²) in [6.45, 7) is 0. The second kappa shape index (κ2) is 6.87. The number of pyridine rings is 1. The molecule has 0 spiro atoms. The minimum Gasteiger partial charge on any atom is -0.497 e. The average molecular weight is 385 g/mol. The van der Waals surface area contributed by atoms with Gasteiger partial charge in [-0.15, -0.1) is 0 Å². The molecule has 2 aromatic carbocycles. The number of rotatable bonds is 4. The SMILES string of the molecule is COc1ccc2c(Nc3cc(F)c4[nH]ccc4c3)nc(-c3ccncc3)nc2c1. The van der Waals surface area contributed by atoms with Crippen LogP contribution in [0.15, 0.2) is 67.1 Å². The number of benzene rings is 2. The first-order valence-corrected chi connectivity index (χ1v) is 9.01. The van der Waals surface area contributed by atoms with Crippen molar-refractivity contribution in [2.45, 2.75) is 0 Å². The Balaban J connectivity index is 1.68. The van der Waals surface area contributed by atoms with E-state index in [0.29, 0.717) is 28.6 Å². The van der Waals surface area contributed by atoms with Gasteiger partial charge in [-0.05, 0) is 42.5 Å². The lowest BCUT2D eigenvalue weighted by molar-refractivity contribution is 0.415. The summed E-state index contributed by atoms with van der Waals surface area (Å²) in [5, 5.41) is 4.84. The molecule has 5 rings (SSSR count). The van der Waals surface area contributed by atoms with E-state index >= 15 is 0 Å². The third kappa shape index (κ3) is 3.12. The predicted octanol–water partition coefficient (Wildman–Crippen LogP) is 5.06. The van der Waals surface area contributed by atoms with E-state index in [1.54, 1.807) is 25.7 Å². The molecule has 6 nitrogen and oxygen atoms in total. The van der Waals surface area contributed by atoms with E-state index in [1.807, 2.05) is 42.5 Å². The first-order valence-electron chi connectivity index (χ1n) is 9.01. The highest BCUT2D eigenvalue weighted by molar-refractivity contribution is 5.94. The van der Waals surface area contributed by atoms with E-state index in [-0.39, 0.29) is 5.82 Å². The molecule has 2 N–H and O–H groups in total. The molecule has 0 aliphatic carbocycles. The number of halogens is 1. The number of nitrogens with one attached hydrogen (secondary N) is 2. The molecule has 0 radical (unpaired) electrons. The Morgan fingerprint density at radius 1 is 1.00 bits per heavy atom. The molecule has 142 valence electrons. The lowest BCUT2D eigenvalue weighted by Crippen LogP contribution is -2.00. The number of nitrogens with zero attached hydrogens (tertiary/aromatic N) is 3.